The maximum absolute atomic E-state index is 12.6. The lowest BCUT2D eigenvalue weighted by molar-refractivity contribution is 0.0736. The van der Waals surface area contributed by atoms with Crippen molar-refractivity contribution in [2.75, 3.05) is 37.6 Å². The third-order valence-electron chi connectivity index (χ3n) is 4.89. The molecule has 1 saturated heterocycles. The SMILES string of the molecule is CCN(Cc1ccc(C(=O)N2CCNCC2)cc1)c1nc(C(C)(C)C)cs1. The van der Waals surface area contributed by atoms with E-state index in [0.29, 0.717) is 0 Å². The van der Waals surface area contributed by atoms with Crippen molar-refractivity contribution in [2.45, 2.75) is 39.7 Å². The van der Waals surface area contributed by atoms with E-state index in [-0.39, 0.29) is 11.3 Å². The first-order valence-corrected chi connectivity index (χ1v) is 10.6. The standard InChI is InChI=1S/C21H30N4OS/c1-5-24(20-23-18(15-27-20)21(2,3)4)14-16-6-8-17(9-7-16)19(26)25-12-10-22-11-13-25/h6-9,15,22H,5,10-14H2,1-4H3. The van der Waals surface area contributed by atoms with Gasteiger partial charge in [0.05, 0.1) is 5.69 Å². The second-order valence-corrected chi connectivity index (χ2v) is 8.86. The molecular weight excluding hydrogens is 356 g/mol. The van der Waals surface area contributed by atoms with Crippen LogP contribution in [-0.4, -0.2) is 48.5 Å². The lowest BCUT2D eigenvalue weighted by atomic mass is 9.93. The normalized spacial score (nSPS) is 15.0. The molecule has 1 aromatic heterocycles. The molecule has 0 bridgehead atoms. The fraction of sp³-hybridized carbons (Fsp3) is 0.524. The highest BCUT2D eigenvalue weighted by Crippen LogP contribution is 2.29. The Balaban J connectivity index is 1.67. The number of rotatable bonds is 5. The third kappa shape index (κ3) is 4.87. The van der Waals surface area contributed by atoms with E-state index in [2.05, 4.69) is 55.4 Å². The van der Waals surface area contributed by atoms with Crippen molar-refractivity contribution in [2.24, 2.45) is 0 Å². The van der Waals surface area contributed by atoms with E-state index in [9.17, 15) is 4.79 Å². The summed E-state index contributed by atoms with van der Waals surface area (Å²) in [5, 5.41) is 6.50. The average molecular weight is 387 g/mol. The molecular formula is C21H30N4OS. The zero-order valence-corrected chi connectivity index (χ0v) is 17.6. The van der Waals surface area contributed by atoms with E-state index >= 15 is 0 Å². The molecule has 0 atom stereocenters. The van der Waals surface area contributed by atoms with Gasteiger partial charge in [-0.15, -0.1) is 11.3 Å². The maximum atomic E-state index is 12.6. The fourth-order valence-electron chi connectivity index (χ4n) is 3.09. The molecule has 0 radical (unpaired) electrons. The van der Waals surface area contributed by atoms with Gasteiger partial charge in [-0.05, 0) is 24.6 Å². The van der Waals surface area contributed by atoms with Gasteiger partial charge >= 0.3 is 0 Å². The van der Waals surface area contributed by atoms with E-state index in [1.165, 1.54) is 5.56 Å². The van der Waals surface area contributed by atoms with Crippen molar-refractivity contribution in [3.8, 4) is 0 Å². The lowest BCUT2D eigenvalue weighted by Crippen LogP contribution is -2.46. The van der Waals surface area contributed by atoms with Crippen LogP contribution in [0.1, 0.15) is 49.3 Å². The van der Waals surface area contributed by atoms with Crippen molar-refractivity contribution in [3.05, 3.63) is 46.5 Å². The highest BCUT2D eigenvalue weighted by molar-refractivity contribution is 7.13. The van der Waals surface area contributed by atoms with Gasteiger partial charge in [0.25, 0.3) is 5.91 Å². The van der Waals surface area contributed by atoms with Gasteiger partial charge in [-0.1, -0.05) is 32.9 Å². The first-order chi connectivity index (χ1) is 12.9. The number of carbonyl (C=O) groups excluding carboxylic acids is 1. The second-order valence-electron chi connectivity index (χ2n) is 8.02. The van der Waals surface area contributed by atoms with Gasteiger partial charge in [-0.2, -0.15) is 0 Å². The van der Waals surface area contributed by atoms with Crippen LogP contribution in [-0.2, 0) is 12.0 Å². The molecule has 6 heteroatoms. The molecule has 2 heterocycles. The van der Waals surface area contributed by atoms with E-state index in [1.807, 2.05) is 17.0 Å². The second kappa shape index (κ2) is 8.40. The maximum Gasteiger partial charge on any atom is 0.253 e. The zero-order chi connectivity index (χ0) is 19.4. The number of nitrogens with one attached hydrogen (secondary N) is 1. The highest BCUT2D eigenvalue weighted by Gasteiger charge is 2.20. The molecule has 3 rings (SSSR count). The van der Waals surface area contributed by atoms with Gasteiger partial charge in [-0.25, -0.2) is 4.98 Å². The Morgan fingerprint density at radius 3 is 2.44 bits per heavy atom. The van der Waals surface area contributed by atoms with Gasteiger partial charge in [0.2, 0.25) is 0 Å². The Hall–Kier alpha value is -1.92. The molecule has 2 aromatic rings. The molecule has 146 valence electrons. The first-order valence-electron chi connectivity index (χ1n) is 9.68. The quantitative estimate of drug-likeness (QED) is 0.854. The number of hydrogen-bond donors (Lipinski definition) is 1. The summed E-state index contributed by atoms with van der Waals surface area (Å²) < 4.78 is 0. The minimum absolute atomic E-state index is 0.0696. The molecule has 0 saturated carbocycles. The van der Waals surface area contributed by atoms with Crippen molar-refractivity contribution in [1.82, 2.24) is 15.2 Å². The number of carbonyl (C=O) groups is 1. The Bertz CT molecular complexity index is 757. The average Bonchev–Trinajstić information content (AvgIpc) is 3.17. The molecule has 1 amide bonds. The number of benzene rings is 1. The molecule has 0 aliphatic carbocycles. The van der Waals surface area contributed by atoms with Crippen LogP contribution in [0.3, 0.4) is 0 Å². The van der Waals surface area contributed by atoms with Crippen molar-refractivity contribution in [3.63, 3.8) is 0 Å². The summed E-state index contributed by atoms with van der Waals surface area (Å²) in [6, 6.07) is 8.04. The summed E-state index contributed by atoms with van der Waals surface area (Å²) >= 11 is 1.70. The summed E-state index contributed by atoms with van der Waals surface area (Å²) in [5.41, 5.74) is 3.17. The number of nitrogens with zero attached hydrogens (tertiary/aromatic N) is 3. The summed E-state index contributed by atoms with van der Waals surface area (Å²) in [4.78, 5) is 21.6. The summed E-state index contributed by atoms with van der Waals surface area (Å²) in [7, 11) is 0. The van der Waals surface area contributed by atoms with Gasteiger partial charge in [0.15, 0.2) is 5.13 Å². The minimum atomic E-state index is 0.0696. The lowest BCUT2D eigenvalue weighted by Gasteiger charge is -2.27. The van der Waals surface area contributed by atoms with Gasteiger partial charge in [0.1, 0.15) is 0 Å². The molecule has 1 aromatic carbocycles. The number of amides is 1. The van der Waals surface area contributed by atoms with E-state index in [4.69, 9.17) is 4.98 Å². The van der Waals surface area contributed by atoms with E-state index in [1.54, 1.807) is 11.3 Å². The van der Waals surface area contributed by atoms with Crippen LogP contribution in [0.2, 0.25) is 0 Å². The number of piperazine rings is 1. The summed E-state index contributed by atoms with van der Waals surface area (Å²) in [5.74, 6) is 0.130. The monoisotopic (exact) mass is 386 g/mol. The Kier molecular flexibility index (Phi) is 6.17. The van der Waals surface area contributed by atoms with Crippen LogP contribution in [0.4, 0.5) is 5.13 Å². The topological polar surface area (TPSA) is 48.5 Å². The van der Waals surface area contributed by atoms with Crippen molar-refractivity contribution in [1.29, 1.82) is 0 Å². The smallest absolute Gasteiger partial charge is 0.253 e. The predicted molar refractivity (Wildman–Crippen MR) is 113 cm³/mol. The number of hydrogen-bond acceptors (Lipinski definition) is 5. The fourth-order valence-corrected chi connectivity index (χ4v) is 4.21. The van der Waals surface area contributed by atoms with Crippen molar-refractivity contribution < 1.29 is 4.79 Å². The van der Waals surface area contributed by atoms with E-state index in [0.717, 1.165) is 55.7 Å². The van der Waals surface area contributed by atoms with Crippen LogP contribution in [0.15, 0.2) is 29.6 Å². The molecule has 1 fully saturated rings. The van der Waals surface area contributed by atoms with Gasteiger partial charge in [-0.3, -0.25) is 4.79 Å². The Labute approximate surface area is 166 Å². The first kappa shape index (κ1) is 19.8. The van der Waals surface area contributed by atoms with Crippen LogP contribution in [0.25, 0.3) is 0 Å². The van der Waals surface area contributed by atoms with Crippen LogP contribution >= 0.6 is 11.3 Å². The molecule has 27 heavy (non-hydrogen) atoms. The molecule has 0 spiro atoms. The summed E-state index contributed by atoms with van der Waals surface area (Å²) in [6.45, 7) is 13.7. The van der Waals surface area contributed by atoms with Gasteiger partial charge in [0, 0.05) is 55.6 Å². The Morgan fingerprint density at radius 1 is 1.22 bits per heavy atom. The van der Waals surface area contributed by atoms with Crippen LogP contribution in [0.5, 0.6) is 0 Å². The van der Waals surface area contributed by atoms with E-state index < -0.39 is 0 Å². The zero-order valence-electron chi connectivity index (χ0n) is 16.8. The highest BCUT2D eigenvalue weighted by atomic mass is 32.1. The predicted octanol–water partition coefficient (Wildman–Crippen LogP) is 3.51. The third-order valence-corrected chi connectivity index (χ3v) is 5.79. The largest absolute Gasteiger partial charge is 0.344 e. The Morgan fingerprint density at radius 2 is 1.89 bits per heavy atom. The summed E-state index contributed by atoms with van der Waals surface area (Å²) in [6.07, 6.45) is 0. The number of anilines is 1. The minimum Gasteiger partial charge on any atom is -0.344 e. The molecule has 1 aliphatic rings. The van der Waals surface area contributed by atoms with Crippen LogP contribution < -0.4 is 10.2 Å². The van der Waals surface area contributed by atoms with Crippen molar-refractivity contribution >= 4 is 22.4 Å². The van der Waals surface area contributed by atoms with Gasteiger partial charge < -0.3 is 15.1 Å². The van der Waals surface area contributed by atoms with Crippen LogP contribution in [0, 0.1) is 0 Å². The molecule has 1 N–H and O–H groups in total. The number of thiazole rings is 1. The molecule has 0 unspecified atom stereocenters. The molecule has 1 aliphatic heterocycles. The number of aromatic nitrogens is 1. The molecule has 5 nitrogen and oxygen atoms in total.